The molecule has 4 atom stereocenters. The summed E-state index contributed by atoms with van der Waals surface area (Å²) in [4.78, 5) is 15.4. The largest absolute Gasteiger partial charge is 0.493 e. The normalized spacial score (nSPS) is 28.6. The maximum Gasteiger partial charge on any atom is 0.196 e. The van der Waals surface area contributed by atoms with Crippen LogP contribution in [0.2, 0.25) is 0 Å². The number of carbonyl (C=O) groups is 1. The van der Waals surface area contributed by atoms with Gasteiger partial charge >= 0.3 is 0 Å². The molecular formula is C29H32N2O3. The van der Waals surface area contributed by atoms with Crippen LogP contribution in [0.25, 0.3) is 6.08 Å². The Morgan fingerprint density at radius 1 is 1.29 bits per heavy atom. The number of ketones is 1. The van der Waals surface area contributed by atoms with Crippen molar-refractivity contribution in [3.8, 4) is 11.5 Å². The minimum atomic E-state index is -0.431. The third-order valence-electron chi connectivity index (χ3n) is 8.31. The molecular weight excluding hydrogens is 424 g/mol. The number of likely N-dealkylation sites (tertiary alicyclic amines) is 1. The molecule has 1 saturated heterocycles. The van der Waals surface area contributed by atoms with Crippen molar-refractivity contribution in [2.45, 2.75) is 43.2 Å². The number of allylic oxidation sites excluding steroid dienone is 1. The average molecular weight is 457 g/mol. The number of methoxy groups -OCH3 is 1. The Morgan fingerprint density at radius 3 is 2.97 bits per heavy atom. The van der Waals surface area contributed by atoms with Gasteiger partial charge in [-0.3, -0.25) is 4.79 Å². The summed E-state index contributed by atoms with van der Waals surface area (Å²) in [6.07, 6.45) is 11.9. The summed E-state index contributed by atoms with van der Waals surface area (Å²) < 4.78 is 12.2. The van der Waals surface area contributed by atoms with Crippen LogP contribution in [0.1, 0.15) is 36.0 Å². The van der Waals surface area contributed by atoms with Crippen LogP contribution >= 0.6 is 0 Å². The summed E-state index contributed by atoms with van der Waals surface area (Å²) >= 11 is 0. The van der Waals surface area contributed by atoms with Crippen LogP contribution in [0.4, 0.5) is 5.69 Å². The summed E-state index contributed by atoms with van der Waals surface area (Å²) in [6, 6.07) is 12.9. The van der Waals surface area contributed by atoms with Crippen LogP contribution in [-0.2, 0) is 16.6 Å². The van der Waals surface area contributed by atoms with E-state index in [1.54, 1.807) is 13.2 Å². The molecule has 0 saturated carbocycles. The number of hydrogen-bond acceptors (Lipinski definition) is 5. The summed E-state index contributed by atoms with van der Waals surface area (Å²) in [6.45, 7) is 1.86. The lowest BCUT2D eigenvalue weighted by atomic mass is 9.53. The van der Waals surface area contributed by atoms with E-state index in [9.17, 15) is 4.79 Å². The molecule has 2 aliphatic heterocycles. The number of ether oxygens (including phenoxy) is 2. The monoisotopic (exact) mass is 456 g/mol. The Bertz CT molecular complexity index is 1170. The smallest absolute Gasteiger partial charge is 0.196 e. The maximum absolute atomic E-state index is 13.0. The Balaban J connectivity index is 1.28. The molecule has 0 amide bonds. The molecule has 6 rings (SSSR count). The second kappa shape index (κ2) is 8.31. The van der Waals surface area contributed by atoms with Gasteiger partial charge in [0.15, 0.2) is 23.4 Å². The zero-order valence-electron chi connectivity index (χ0n) is 19.9. The molecule has 0 aromatic heterocycles. The van der Waals surface area contributed by atoms with Gasteiger partial charge in [0.25, 0.3) is 0 Å². The number of benzene rings is 2. The first kappa shape index (κ1) is 21.5. The number of unbranched alkanes of at least 4 members (excludes halogenated alkanes) is 1. The van der Waals surface area contributed by atoms with Gasteiger partial charge in [-0.2, -0.15) is 0 Å². The number of hydrogen-bond donors (Lipinski definition) is 1. The van der Waals surface area contributed by atoms with E-state index in [2.05, 4.69) is 65.8 Å². The van der Waals surface area contributed by atoms with Crippen molar-refractivity contribution in [3.05, 3.63) is 71.3 Å². The molecule has 5 nitrogen and oxygen atoms in total. The Labute approximate surface area is 201 Å². The fraction of sp³-hybridized carbons (Fsp3) is 0.414. The van der Waals surface area contributed by atoms with Gasteiger partial charge in [-0.1, -0.05) is 48.6 Å². The molecule has 2 bridgehead atoms. The fourth-order valence-electron chi connectivity index (χ4n) is 6.69. The number of piperidine rings is 1. The van der Waals surface area contributed by atoms with E-state index in [0.29, 0.717) is 12.0 Å². The summed E-state index contributed by atoms with van der Waals surface area (Å²) in [5, 5.41) is 3.71. The number of anilines is 1. The second-order valence-corrected chi connectivity index (χ2v) is 10.0. The Kier molecular flexibility index (Phi) is 5.25. The van der Waals surface area contributed by atoms with E-state index >= 15 is 0 Å². The Hall–Kier alpha value is -3.05. The van der Waals surface area contributed by atoms with Crippen LogP contribution < -0.4 is 14.8 Å². The molecule has 176 valence electrons. The SMILES string of the molecule is COc1cc(NCCCC=Cc2ccccc2)c2c3c1O[C@H]1C(=O)C=C[C@H]4[C@@H](C2)N(C)CC[C@]314. The number of rotatable bonds is 7. The van der Waals surface area contributed by atoms with Gasteiger partial charge in [0, 0.05) is 35.8 Å². The van der Waals surface area contributed by atoms with Crippen molar-refractivity contribution in [2.75, 3.05) is 32.6 Å². The molecule has 1 N–H and O–H groups in total. The van der Waals surface area contributed by atoms with Crippen LogP contribution in [0.15, 0.2) is 54.6 Å². The van der Waals surface area contributed by atoms with E-state index in [1.807, 2.05) is 6.07 Å². The molecule has 4 aliphatic rings. The topological polar surface area (TPSA) is 50.8 Å². The highest BCUT2D eigenvalue weighted by Crippen LogP contribution is 2.63. The summed E-state index contributed by atoms with van der Waals surface area (Å²) in [7, 11) is 3.91. The third-order valence-corrected chi connectivity index (χ3v) is 8.31. The fourth-order valence-corrected chi connectivity index (χ4v) is 6.69. The van der Waals surface area contributed by atoms with E-state index < -0.39 is 6.10 Å². The predicted octanol–water partition coefficient (Wildman–Crippen LogP) is 4.61. The number of carbonyl (C=O) groups excluding carboxylic acids is 1. The van der Waals surface area contributed by atoms with Crippen LogP contribution in [-0.4, -0.2) is 50.1 Å². The Morgan fingerprint density at radius 2 is 2.15 bits per heavy atom. The van der Waals surface area contributed by atoms with E-state index in [4.69, 9.17) is 9.47 Å². The van der Waals surface area contributed by atoms with E-state index in [1.165, 1.54) is 16.7 Å². The first-order chi connectivity index (χ1) is 16.6. The van der Waals surface area contributed by atoms with Gasteiger partial charge < -0.3 is 19.7 Å². The van der Waals surface area contributed by atoms with Crippen molar-refractivity contribution in [3.63, 3.8) is 0 Å². The van der Waals surface area contributed by atoms with E-state index in [0.717, 1.165) is 56.0 Å². The van der Waals surface area contributed by atoms with Crippen molar-refractivity contribution in [2.24, 2.45) is 5.92 Å². The van der Waals surface area contributed by atoms with Crippen molar-refractivity contribution in [1.29, 1.82) is 0 Å². The van der Waals surface area contributed by atoms with Gasteiger partial charge in [-0.05, 0) is 56.5 Å². The zero-order valence-corrected chi connectivity index (χ0v) is 19.9. The van der Waals surface area contributed by atoms with E-state index in [-0.39, 0.29) is 11.2 Å². The first-order valence-electron chi connectivity index (χ1n) is 12.4. The summed E-state index contributed by atoms with van der Waals surface area (Å²) in [5.41, 5.74) is 4.64. The van der Waals surface area contributed by atoms with Crippen molar-refractivity contribution >= 4 is 17.5 Å². The standard InChI is InChI=1S/C29H32N2O3/c1-31-16-14-29-21-12-13-24(32)28(29)34-27-25(33-2)18-22(20(26(27)29)17-23(21)31)30-15-8-4-7-11-19-9-5-3-6-10-19/h3,5-7,9-13,18,21,23,28,30H,4,8,14-17H2,1-2H3/t21-,23+,28-,29-/m0/s1. The van der Waals surface area contributed by atoms with Crippen molar-refractivity contribution < 1.29 is 14.3 Å². The lowest BCUT2D eigenvalue weighted by Crippen LogP contribution is -2.64. The van der Waals surface area contributed by atoms with Gasteiger partial charge in [0.05, 0.1) is 12.5 Å². The third kappa shape index (κ3) is 3.13. The van der Waals surface area contributed by atoms with Crippen molar-refractivity contribution in [1.82, 2.24) is 4.90 Å². The highest BCUT2D eigenvalue weighted by Gasteiger charge is 2.64. The zero-order chi connectivity index (χ0) is 23.3. The minimum absolute atomic E-state index is 0.0883. The van der Waals surface area contributed by atoms with Crippen LogP contribution in [0.5, 0.6) is 11.5 Å². The molecule has 5 heteroatoms. The van der Waals surface area contributed by atoms with Crippen LogP contribution in [0, 0.1) is 5.92 Å². The molecule has 0 radical (unpaired) electrons. The van der Waals surface area contributed by atoms with Gasteiger partial charge in [0.2, 0.25) is 0 Å². The maximum atomic E-state index is 13.0. The highest BCUT2D eigenvalue weighted by atomic mass is 16.5. The predicted molar refractivity (Wildman–Crippen MR) is 135 cm³/mol. The molecule has 0 unspecified atom stereocenters. The average Bonchev–Trinajstić information content (AvgIpc) is 3.21. The molecule has 2 aliphatic carbocycles. The van der Waals surface area contributed by atoms with Gasteiger partial charge in [-0.15, -0.1) is 0 Å². The molecule has 2 aromatic rings. The quantitative estimate of drug-likeness (QED) is 0.617. The number of nitrogens with zero attached hydrogens (tertiary/aromatic N) is 1. The van der Waals surface area contributed by atoms with Gasteiger partial charge in [-0.25, -0.2) is 0 Å². The van der Waals surface area contributed by atoms with Crippen LogP contribution in [0.3, 0.4) is 0 Å². The molecule has 2 heterocycles. The first-order valence-corrected chi connectivity index (χ1v) is 12.4. The molecule has 1 spiro atoms. The number of nitrogens with one attached hydrogen (secondary N) is 1. The lowest BCUT2D eigenvalue weighted by molar-refractivity contribution is -0.127. The lowest BCUT2D eigenvalue weighted by Gasteiger charge is -2.55. The summed E-state index contributed by atoms with van der Waals surface area (Å²) in [5.74, 6) is 1.91. The molecule has 2 aromatic carbocycles. The minimum Gasteiger partial charge on any atom is -0.493 e. The van der Waals surface area contributed by atoms with Gasteiger partial charge in [0.1, 0.15) is 0 Å². The molecule has 34 heavy (non-hydrogen) atoms. The second-order valence-electron chi connectivity index (χ2n) is 10.0. The molecule has 1 fully saturated rings. The number of likely N-dealkylation sites (N-methyl/N-ethyl adjacent to an activating group) is 1. The highest BCUT2D eigenvalue weighted by molar-refractivity contribution is 5.98.